The van der Waals surface area contributed by atoms with Crippen molar-refractivity contribution in [2.24, 2.45) is 5.92 Å². The molecule has 1 aromatic rings. The van der Waals surface area contributed by atoms with Gasteiger partial charge in [-0.2, -0.15) is 4.31 Å². The molecule has 27 heavy (non-hydrogen) atoms. The summed E-state index contributed by atoms with van der Waals surface area (Å²) in [5, 5.41) is 3.24. The Labute approximate surface area is 162 Å². The molecule has 0 spiro atoms. The summed E-state index contributed by atoms with van der Waals surface area (Å²) in [5.74, 6) is -0.141. The molecule has 2 fully saturated rings. The number of carbonyl (C=O) groups is 1. The van der Waals surface area contributed by atoms with E-state index in [4.69, 9.17) is 0 Å². The molecule has 1 atom stereocenters. The lowest BCUT2D eigenvalue weighted by molar-refractivity contribution is -0.137. The Morgan fingerprint density at radius 2 is 1.81 bits per heavy atom. The number of hydrogen-bond acceptors (Lipinski definition) is 5. The van der Waals surface area contributed by atoms with E-state index in [1.54, 1.807) is 12.1 Å². The predicted molar refractivity (Wildman–Crippen MR) is 105 cm³/mol. The third-order valence-corrected chi connectivity index (χ3v) is 7.10. The molecule has 150 valence electrons. The smallest absolute Gasteiger partial charge is 0.243 e. The van der Waals surface area contributed by atoms with E-state index in [0.29, 0.717) is 24.5 Å². The fourth-order valence-electron chi connectivity index (χ4n) is 3.79. The van der Waals surface area contributed by atoms with Gasteiger partial charge in [0.05, 0.1) is 10.8 Å². The summed E-state index contributed by atoms with van der Waals surface area (Å²) in [7, 11) is 0.392. The van der Waals surface area contributed by atoms with Gasteiger partial charge in [0.2, 0.25) is 15.9 Å². The first-order valence-electron chi connectivity index (χ1n) is 9.61. The van der Waals surface area contributed by atoms with Crippen LogP contribution < -0.4 is 5.32 Å². The Balaban J connectivity index is 1.69. The SMILES string of the molecule is CN(C)Cc1ccc(S(=O)(=O)N2CCCC(C(=O)N3CCNCC3)C2)cc1. The second-order valence-corrected chi connectivity index (χ2v) is 9.60. The number of carbonyl (C=O) groups excluding carboxylic acids is 1. The van der Waals surface area contributed by atoms with Gasteiger partial charge in [0.1, 0.15) is 0 Å². The lowest BCUT2D eigenvalue weighted by atomic mass is 9.98. The minimum Gasteiger partial charge on any atom is -0.340 e. The Hall–Kier alpha value is -1.48. The lowest BCUT2D eigenvalue weighted by Crippen LogP contribution is -2.51. The Morgan fingerprint density at radius 1 is 1.15 bits per heavy atom. The van der Waals surface area contributed by atoms with Gasteiger partial charge >= 0.3 is 0 Å². The highest BCUT2D eigenvalue weighted by molar-refractivity contribution is 7.89. The minimum atomic E-state index is -3.57. The number of piperidine rings is 1. The van der Waals surface area contributed by atoms with Crippen molar-refractivity contribution < 1.29 is 13.2 Å². The number of benzene rings is 1. The van der Waals surface area contributed by atoms with Crippen LogP contribution in [-0.2, 0) is 21.4 Å². The number of nitrogens with one attached hydrogen (secondary N) is 1. The fraction of sp³-hybridized carbons (Fsp3) is 0.632. The molecule has 1 N–H and O–H groups in total. The second-order valence-electron chi connectivity index (χ2n) is 7.66. The zero-order valence-electron chi connectivity index (χ0n) is 16.2. The number of sulfonamides is 1. The van der Waals surface area contributed by atoms with E-state index in [-0.39, 0.29) is 18.4 Å². The molecule has 0 saturated carbocycles. The van der Waals surface area contributed by atoms with Gasteiger partial charge in [-0.15, -0.1) is 0 Å². The lowest BCUT2D eigenvalue weighted by Gasteiger charge is -2.35. The largest absolute Gasteiger partial charge is 0.340 e. The van der Waals surface area contributed by atoms with Crippen LogP contribution in [0.25, 0.3) is 0 Å². The topological polar surface area (TPSA) is 73.0 Å². The van der Waals surface area contributed by atoms with Crippen LogP contribution in [0.5, 0.6) is 0 Å². The maximum Gasteiger partial charge on any atom is 0.243 e. The van der Waals surface area contributed by atoms with Crippen molar-refractivity contribution in [1.29, 1.82) is 0 Å². The first-order chi connectivity index (χ1) is 12.9. The van der Waals surface area contributed by atoms with Crippen LogP contribution in [-0.4, -0.2) is 81.8 Å². The van der Waals surface area contributed by atoms with Crippen LogP contribution >= 0.6 is 0 Å². The molecule has 8 heteroatoms. The van der Waals surface area contributed by atoms with Crippen molar-refractivity contribution in [3.05, 3.63) is 29.8 Å². The monoisotopic (exact) mass is 394 g/mol. The molecular weight excluding hydrogens is 364 g/mol. The third kappa shape index (κ3) is 4.87. The number of hydrogen-bond donors (Lipinski definition) is 1. The highest BCUT2D eigenvalue weighted by atomic mass is 32.2. The molecule has 0 aliphatic carbocycles. The van der Waals surface area contributed by atoms with Gasteiger partial charge in [-0.25, -0.2) is 8.42 Å². The molecule has 2 heterocycles. The zero-order chi connectivity index (χ0) is 19.4. The van der Waals surface area contributed by atoms with Gasteiger partial charge in [-0.3, -0.25) is 4.79 Å². The van der Waals surface area contributed by atoms with E-state index >= 15 is 0 Å². The van der Waals surface area contributed by atoms with Gasteiger partial charge in [0, 0.05) is 45.8 Å². The molecule has 0 bridgehead atoms. The number of rotatable bonds is 5. The summed E-state index contributed by atoms with van der Waals surface area (Å²) < 4.78 is 27.6. The van der Waals surface area contributed by atoms with E-state index in [0.717, 1.165) is 38.0 Å². The van der Waals surface area contributed by atoms with Crippen LogP contribution in [0.2, 0.25) is 0 Å². The normalized spacial score (nSPS) is 22.2. The highest BCUT2D eigenvalue weighted by Crippen LogP contribution is 2.25. The molecule has 7 nitrogen and oxygen atoms in total. The summed E-state index contributed by atoms with van der Waals surface area (Å²) in [4.78, 5) is 17.0. The van der Waals surface area contributed by atoms with Gasteiger partial charge in [-0.05, 0) is 44.6 Å². The number of piperazine rings is 1. The summed E-state index contributed by atoms with van der Waals surface area (Å²) in [6.07, 6.45) is 1.48. The van der Waals surface area contributed by atoms with Crippen LogP contribution in [0, 0.1) is 5.92 Å². The first-order valence-corrected chi connectivity index (χ1v) is 11.1. The maximum atomic E-state index is 13.0. The van der Waals surface area contributed by atoms with Gasteiger partial charge in [-0.1, -0.05) is 12.1 Å². The van der Waals surface area contributed by atoms with Crippen molar-refractivity contribution in [2.45, 2.75) is 24.3 Å². The van der Waals surface area contributed by atoms with Crippen molar-refractivity contribution in [3.8, 4) is 0 Å². The average Bonchev–Trinajstić information content (AvgIpc) is 2.68. The Kier molecular flexibility index (Phi) is 6.52. The van der Waals surface area contributed by atoms with Gasteiger partial charge < -0.3 is 15.1 Å². The minimum absolute atomic E-state index is 0.0951. The first kappa shape index (κ1) is 20.3. The van der Waals surface area contributed by atoms with Crippen molar-refractivity contribution in [3.63, 3.8) is 0 Å². The van der Waals surface area contributed by atoms with Gasteiger partial charge in [0.15, 0.2) is 0 Å². The number of amides is 1. The van der Waals surface area contributed by atoms with Crippen molar-refractivity contribution in [2.75, 3.05) is 53.4 Å². The summed E-state index contributed by atoms with van der Waals surface area (Å²) in [5.41, 5.74) is 1.07. The molecule has 1 amide bonds. The second kappa shape index (κ2) is 8.68. The number of nitrogens with zero attached hydrogens (tertiary/aromatic N) is 3. The predicted octanol–water partition coefficient (Wildman–Crippen LogP) is 0.581. The standard InChI is InChI=1S/C19H30N4O3S/c1-21(2)14-16-5-7-18(8-6-16)27(25,26)23-11-3-4-17(15-23)19(24)22-12-9-20-10-13-22/h5-8,17,20H,3-4,9-15H2,1-2H3. The van der Waals surface area contributed by atoms with E-state index in [1.165, 1.54) is 4.31 Å². The summed E-state index contributed by atoms with van der Waals surface area (Å²) >= 11 is 0. The van der Waals surface area contributed by atoms with Gasteiger partial charge in [0.25, 0.3) is 0 Å². The Morgan fingerprint density at radius 3 is 2.44 bits per heavy atom. The maximum absolute atomic E-state index is 13.0. The van der Waals surface area contributed by atoms with Crippen LogP contribution in [0.1, 0.15) is 18.4 Å². The quantitative estimate of drug-likeness (QED) is 0.791. The average molecular weight is 395 g/mol. The fourth-order valence-corrected chi connectivity index (χ4v) is 5.31. The molecule has 0 radical (unpaired) electrons. The van der Waals surface area contributed by atoms with E-state index in [2.05, 4.69) is 5.32 Å². The van der Waals surface area contributed by atoms with Crippen LogP contribution in [0.4, 0.5) is 0 Å². The molecule has 2 aliphatic rings. The highest BCUT2D eigenvalue weighted by Gasteiger charge is 2.35. The molecule has 0 aromatic heterocycles. The molecule has 1 unspecified atom stereocenters. The molecule has 3 rings (SSSR count). The third-order valence-electron chi connectivity index (χ3n) is 5.22. The van der Waals surface area contributed by atoms with E-state index in [1.807, 2.05) is 36.0 Å². The molecular formula is C19H30N4O3S. The van der Waals surface area contributed by atoms with Crippen molar-refractivity contribution in [1.82, 2.24) is 19.4 Å². The van der Waals surface area contributed by atoms with E-state index < -0.39 is 10.0 Å². The zero-order valence-corrected chi connectivity index (χ0v) is 17.0. The van der Waals surface area contributed by atoms with Crippen LogP contribution in [0.3, 0.4) is 0 Å². The van der Waals surface area contributed by atoms with Crippen molar-refractivity contribution >= 4 is 15.9 Å². The summed E-state index contributed by atoms with van der Waals surface area (Å²) in [6.45, 7) is 4.55. The van der Waals surface area contributed by atoms with E-state index in [9.17, 15) is 13.2 Å². The van der Waals surface area contributed by atoms with Crippen LogP contribution in [0.15, 0.2) is 29.2 Å². The molecule has 1 aromatic carbocycles. The molecule has 2 saturated heterocycles. The molecule has 2 aliphatic heterocycles. The summed E-state index contributed by atoms with van der Waals surface area (Å²) in [6, 6.07) is 7.08. The Bertz CT molecular complexity index is 743.